The molecule has 1 saturated heterocycles. The van der Waals surface area contributed by atoms with Crippen LogP contribution in [0.25, 0.3) is 0 Å². The number of piperidine rings is 1. The second kappa shape index (κ2) is 22.2. The van der Waals surface area contributed by atoms with E-state index in [9.17, 15) is 19.6 Å². The van der Waals surface area contributed by atoms with Crippen LogP contribution in [0, 0.1) is 29.6 Å². The highest BCUT2D eigenvalue weighted by Crippen LogP contribution is 2.32. The van der Waals surface area contributed by atoms with Crippen molar-refractivity contribution in [2.24, 2.45) is 11.3 Å². The number of rotatable bonds is 22. The highest BCUT2D eigenvalue weighted by Gasteiger charge is 2.35. The van der Waals surface area contributed by atoms with Crippen molar-refractivity contribution in [1.82, 2.24) is 15.5 Å². The first-order valence-electron chi connectivity index (χ1n) is 16.0. The van der Waals surface area contributed by atoms with Gasteiger partial charge in [-0.2, -0.15) is 5.26 Å². The van der Waals surface area contributed by atoms with E-state index in [0.29, 0.717) is 98.5 Å². The molecule has 0 radical (unpaired) electrons. The third kappa shape index (κ3) is 16.3. The molecule has 1 aromatic rings. The number of nitriles is 1. The Bertz CT molecular complexity index is 1130. The number of amides is 3. The highest BCUT2D eigenvalue weighted by molar-refractivity contribution is 5.97. The molecule has 0 bridgehead atoms. The average molecular weight is 645 g/mol. The molecule has 256 valence electrons. The number of likely N-dealkylation sites (tertiary alicyclic amines) is 1. The number of hydrogen-bond donors (Lipinski definition) is 2. The molecule has 1 heterocycles. The Morgan fingerprint density at radius 1 is 0.913 bits per heavy atom. The number of aryl methyl sites for hydroxylation is 1. The van der Waals surface area contributed by atoms with Gasteiger partial charge in [0.05, 0.1) is 72.0 Å². The van der Waals surface area contributed by atoms with Crippen molar-refractivity contribution in [1.29, 1.82) is 5.26 Å². The number of nitrogens with one attached hydrogen (secondary N) is 2. The zero-order valence-electron chi connectivity index (χ0n) is 27.9. The van der Waals surface area contributed by atoms with Crippen LogP contribution in [-0.2, 0) is 38.1 Å². The molecule has 12 heteroatoms. The SMILES string of the molecule is Cc1cccc(C2CC(C(=O)NCCOCCOCCOCCOCCOCCNC=O)CN(C(=O)/C(C#N)=C/C(C)(C)C)C2)c1. The molecule has 2 atom stereocenters. The zero-order chi connectivity index (χ0) is 33.6. The van der Waals surface area contributed by atoms with Crippen molar-refractivity contribution in [2.45, 2.75) is 40.0 Å². The minimum atomic E-state index is -0.406. The van der Waals surface area contributed by atoms with Gasteiger partial charge in [0.2, 0.25) is 12.3 Å². The molecule has 0 aromatic heterocycles. The van der Waals surface area contributed by atoms with Crippen LogP contribution in [0.2, 0.25) is 0 Å². The largest absolute Gasteiger partial charge is 0.377 e. The van der Waals surface area contributed by atoms with Crippen molar-refractivity contribution < 1.29 is 38.1 Å². The quantitative estimate of drug-likeness (QED) is 0.0840. The van der Waals surface area contributed by atoms with Gasteiger partial charge in [0.15, 0.2) is 0 Å². The second-order valence-electron chi connectivity index (χ2n) is 12.2. The van der Waals surface area contributed by atoms with Crippen LogP contribution in [0.3, 0.4) is 0 Å². The summed E-state index contributed by atoms with van der Waals surface area (Å²) in [5, 5.41) is 15.2. The van der Waals surface area contributed by atoms with Gasteiger partial charge in [0, 0.05) is 32.1 Å². The fourth-order valence-corrected chi connectivity index (χ4v) is 4.93. The fraction of sp³-hybridized carbons (Fsp3) is 0.647. The van der Waals surface area contributed by atoms with Crippen molar-refractivity contribution >= 4 is 18.2 Å². The van der Waals surface area contributed by atoms with Gasteiger partial charge in [-0.05, 0) is 24.3 Å². The molecule has 1 aliphatic rings. The molecule has 1 aromatic carbocycles. The van der Waals surface area contributed by atoms with E-state index >= 15 is 0 Å². The maximum Gasteiger partial charge on any atom is 0.264 e. The summed E-state index contributed by atoms with van der Waals surface area (Å²) < 4.78 is 27.2. The molecule has 1 fully saturated rings. The van der Waals surface area contributed by atoms with Crippen molar-refractivity contribution in [3.8, 4) is 6.07 Å². The maximum absolute atomic E-state index is 13.4. The predicted molar refractivity (Wildman–Crippen MR) is 173 cm³/mol. The topological polar surface area (TPSA) is 148 Å². The molecule has 0 saturated carbocycles. The van der Waals surface area contributed by atoms with E-state index in [0.717, 1.165) is 11.1 Å². The summed E-state index contributed by atoms with van der Waals surface area (Å²) in [6.07, 6.45) is 2.95. The standard InChI is InChI=1S/C34H52N4O8/c1-27-6-5-7-28(20-27)29-21-30(25-38(24-29)33(41)31(23-35)22-34(2,3)4)32(40)37-9-11-43-13-15-45-17-19-46-18-16-44-14-12-42-10-8-36-26-39/h5-7,20,22,26,29-30H,8-19,21,24-25H2,1-4H3,(H,36,39)(H,37,40)/b31-22+. The predicted octanol–water partition coefficient (Wildman–Crippen LogP) is 2.37. The number of nitrogens with zero attached hydrogens (tertiary/aromatic N) is 2. The van der Waals surface area contributed by atoms with Gasteiger partial charge in [-0.25, -0.2) is 0 Å². The minimum absolute atomic E-state index is 0.0177. The Morgan fingerprint density at radius 3 is 2.00 bits per heavy atom. The maximum atomic E-state index is 13.4. The number of hydrogen-bond acceptors (Lipinski definition) is 9. The van der Waals surface area contributed by atoms with Gasteiger partial charge < -0.3 is 39.2 Å². The molecule has 46 heavy (non-hydrogen) atoms. The summed E-state index contributed by atoms with van der Waals surface area (Å²) in [6, 6.07) is 10.2. The third-order valence-corrected chi connectivity index (χ3v) is 7.06. The summed E-state index contributed by atoms with van der Waals surface area (Å²) in [7, 11) is 0. The molecule has 3 amide bonds. The molecule has 12 nitrogen and oxygen atoms in total. The highest BCUT2D eigenvalue weighted by atomic mass is 16.6. The van der Waals surface area contributed by atoms with Gasteiger partial charge in [0.25, 0.3) is 5.91 Å². The van der Waals surface area contributed by atoms with Crippen LogP contribution in [0.5, 0.6) is 0 Å². The minimum Gasteiger partial charge on any atom is -0.377 e. The molecular formula is C34H52N4O8. The Hall–Kier alpha value is -3.34. The summed E-state index contributed by atoms with van der Waals surface area (Å²) in [5.41, 5.74) is 1.98. The summed E-state index contributed by atoms with van der Waals surface area (Å²) >= 11 is 0. The van der Waals surface area contributed by atoms with Crippen molar-refractivity contribution in [3.05, 3.63) is 47.0 Å². The molecular weight excluding hydrogens is 592 g/mol. The Balaban J connectivity index is 1.66. The van der Waals surface area contributed by atoms with E-state index in [1.807, 2.05) is 45.9 Å². The number of benzene rings is 1. The summed E-state index contributed by atoms with van der Waals surface area (Å²) in [6.45, 7) is 13.7. The van der Waals surface area contributed by atoms with E-state index in [-0.39, 0.29) is 35.3 Å². The molecule has 1 aliphatic heterocycles. The monoisotopic (exact) mass is 644 g/mol. The van der Waals surface area contributed by atoms with Gasteiger partial charge >= 0.3 is 0 Å². The van der Waals surface area contributed by atoms with E-state index in [2.05, 4.69) is 22.8 Å². The lowest BCUT2D eigenvalue weighted by Crippen LogP contribution is -2.48. The molecule has 2 unspecified atom stereocenters. The van der Waals surface area contributed by atoms with Crippen LogP contribution < -0.4 is 10.6 Å². The Morgan fingerprint density at radius 2 is 1.48 bits per heavy atom. The molecule has 2 N–H and O–H groups in total. The van der Waals surface area contributed by atoms with Crippen LogP contribution in [0.1, 0.15) is 44.2 Å². The fourth-order valence-electron chi connectivity index (χ4n) is 4.93. The van der Waals surface area contributed by atoms with Crippen molar-refractivity contribution in [3.63, 3.8) is 0 Å². The number of ether oxygens (including phenoxy) is 5. The third-order valence-electron chi connectivity index (χ3n) is 7.06. The van der Waals surface area contributed by atoms with Crippen LogP contribution in [0.15, 0.2) is 35.9 Å². The lowest BCUT2D eigenvalue weighted by Gasteiger charge is -2.37. The molecule has 2 rings (SSSR count). The molecule has 0 aliphatic carbocycles. The van der Waals surface area contributed by atoms with Gasteiger partial charge in [-0.15, -0.1) is 0 Å². The summed E-state index contributed by atoms with van der Waals surface area (Å²) in [4.78, 5) is 38.4. The van der Waals surface area contributed by atoms with Crippen LogP contribution in [-0.4, -0.2) is 115 Å². The van der Waals surface area contributed by atoms with E-state index < -0.39 is 5.92 Å². The Kier molecular flexibility index (Phi) is 18.8. The van der Waals surface area contributed by atoms with E-state index in [1.165, 1.54) is 0 Å². The zero-order valence-corrected chi connectivity index (χ0v) is 27.9. The number of carbonyl (C=O) groups is 3. The van der Waals surface area contributed by atoms with Crippen LogP contribution >= 0.6 is 0 Å². The van der Waals surface area contributed by atoms with Crippen molar-refractivity contribution in [2.75, 3.05) is 92.2 Å². The van der Waals surface area contributed by atoms with Gasteiger partial charge in [-0.3, -0.25) is 14.4 Å². The van der Waals surface area contributed by atoms with E-state index in [1.54, 1.807) is 11.0 Å². The Labute approximate surface area is 273 Å². The van der Waals surface area contributed by atoms with E-state index in [4.69, 9.17) is 23.7 Å². The van der Waals surface area contributed by atoms with Gasteiger partial charge in [0.1, 0.15) is 11.6 Å². The average Bonchev–Trinajstić information content (AvgIpc) is 3.03. The van der Waals surface area contributed by atoms with Crippen LogP contribution in [0.4, 0.5) is 0 Å². The van der Waals surface area contributed by atoms with Gasteiger partial charge in [-0.1, -0.05) is 56.7 Å². The first-order chi connectivity index (χ1) is 22.1. The number of allylic oxidation sites excluding steroid dienone is 1. The normalized spacial score (nSPS) is 16.9. The number of carbonyl (C=O) groups excluding carboxylic acids is 3. The first kappa shape index (κ1) is 38.8. The first-order valence-corrected chi connectivity index (χ1v) is 16.0. The molecule has 0 spiro atoms. The summed E-state index contributed by atoms with van der Waals surface area (Å²) in [5.74, 6) is -0.890. The lowest BCUT2D eigenvalue weighted by atomic mass is 9.83. The second-order valence-corrected chi connectivity index (χ2v) is 12.2. The lowest BCUT2D eigenvalue weighted by molar-refractivity contribution is -0.133. The smallest absolute Gasteiger partial charge is 0.264 e.